The van der Waals surface area contributed by atoms with Crippen LogP contribution >= 0.6 is 0 Å². The highest BCUT2D eigenvalue weighted by Crippen LogP contribution is 2.29. The number of carbonyl (C=O) groups excluding carboxylic acids is 2. The third kappa shape index (κ3) is 3.55. The maximum absolute atomic E-state index is 13.1. The van der Waals surface area contributed by atoms with Gasteiger partial charge in [0.05, 0.1) is 16.9 Å². The number of sulfonamides is 1. The molecule has 3 aliphatic heterocycles. The maximum Gasteiger partial charge on any atom is 0.254 e. The van der Waals surface area contributed by atoms with Gasteiger partial charge in [0, 0.05) is 31.7 Å². The lowest BCUT2D eigenvalue weighted by molar-refractivity contribution is -0.123. The Bertz CT molecular complexity index is 862. The smallest absolute Gasteiger partial charge is 0.254 e. The van der Waals surface area contributed by atoms with Crippen molar-refractivity contribution in [3.63, 3.8) is 0 Å². The second-order valence-corrected chi connectivity index (χ2v) is 9.84. The Balaban J connectivity index is 1.58. The summed E-state index contributed by atoms with van der Waals surface area (Å²) in [7, 11) is -3.60. The van der Waals surface area contributed by atoms with Gasteiger partial charge in [-0.3, -0.25) is 9.59 Å². The van der Waals surface area contributed by atoms with Crippen molar-refractivity contribution in [2.75, 3.05) is 26.2 Å². The number of piperidine rings is 1. The summed E-state index contributed by atoms with van der Waals surface area (Å²) in [5.74, 6) is -0.333. The summed E-state index contributed by atoms with van der Waals surface area (Å²) < 4.78 is 27.7. The molecule has 1 aromatic rings. The molecule has 0 saturated carbocycles. The first-order valence-corrected chi connectivity index (χ1v) is 11.6. The van der Waals surface area contributed by atoms with Gasteiger partial charge in [-0.05, 0) is 43.9 Å². The molecule has 0 aromatic heterocycles. The first-order valence-electron chi connectivity index (χ1n) is 10.2. The maximum atomic E-state index is 13.1. The SMILES string of the molecule is O=C1NCC2C1CCCN2C(=O)c1cccc(S(=O)(=O)N2CCCCCC2)c1. The van der Waals surface area contributed by atoms with Crippen molar-refractivity contribution in [3.8, 4) is 0 Å². The van der Waals surface area contributed by atoms with E-state index < -0.39 is 10.0 Å². The molecule has 4 rings (SSSR count). The lowest BCUT2D eigenvalue weighted by Gasteiger charge is -2.36. The minimum Gasteiger partial charge on any atom is -0.354 e. The Kier molecular flexibility index (Phi) is 5.42. The molecule has 28 heavy (non-hydrogen) atoms. The summed E-state index contributed by atoms with van der Waals surface area (Å²) in [6.45, 7) is 2.13. The van der Waals surface area contributed by atoms with Gasteiger partial charge < -0.3 is 10.2 Å². The van der Waals surface area contributed by atoms with Gasteiger partial charge in [0.15, 0.2) is 0 Å². The number of amides is 2. The number of benzene rings is 1. The molecule has 2 amide bonds. The lowest BCUT2D eigenvalue weighted by atomic mass is 9.91. The molecular formula is C20H27N3O4S. The number of carbonyl (C=O) groups is 2. The van der Waals surface area contributed by atoms with E-state index in [0.717, 1.165) is 38.5 Å². The van der Waals surface area contributed by atoms with Crippen molar-refractivity contribution in [2.24, 2.45) is 5.92 Å². The number of rotatable bonds is 3. The Morgan fingerprint density at radius 2 is 1.79 bits per heavy atom. The number of hydrogen-bond acceptors (Lipinski definition) is 4. The van der Waals surface area contributed by atoms with Crippen molar-refractivity contribution in [1.29, 1.82) is 0 Å². The largest absolute Gasteiger partial charge is 0.354 e. The van der Waals surface area contributed by atoms with Crippen molar-refractivity contribution < 1.29 is 18.0 Å². The average Bonchev–Trinajstić information content (AvgIpc) is 2.92. The highest BCUT2D eigenvalue weighted by Gasteiger charge is 2.42. The van der Waals surface area contributed by atoms with E-state index in [9.17, 15) is 18.0 Å². The van der Waals surface area contributed by atoms with E-state index in [4.69, 9.17) is 0 Å². The predicted octanol–water partition coefficient (Wildman–Crippen LogP) is 1.60. The number of nitrogens with zero attached hydrogens (tertiary/aromatic N) is 2. The molecule has 152 valence electrons. The van der Waals surface area contributed by atoms with E-state index in [0.29, 0.717) is 31.7 Å². The summed E-state index contributed by atoms with van der Waals surface area (Å²) in [5.41, 5.74) is 0.371. The fraction of sp³-hybridized carbons (Fsp3) is 0.600. The topological polar surface area (TPSA) is 86.8 Å². The van der Waals surface area contributed by atoms with Crippen LogP contribution < -0.4 is 5.32 Å². The number of fused-ring (bicyclic) bond motifs is 1. The van der Waals surface area contributed by atoms with E-state index in [1.165, 1.54) is 6.07 Å². The van der Waals surface area contributed by atoms with Crippen molar-refractivity contribution in [1.82, 2.24) is 14.5 Å². The molecule has 3 aliphatic rings. The van der Waals surface area contributed by atoms with Crippen LogP contribution in [0.2, 0.25) is 0 Å². The molecule has 7 nitrogen and oxygen atoms in total. The van der Waals surface area contributed by atoms with E-state index in [1.54, 1.807) is 27.4 Å². The summed E-state index contributed by atoms with van der Waals surface area (Å²) in [5, 5.41) is 2.85. The van der Waals surface area contributed by atoms with Gasteiger partial charge >= 0.3 is 0 Å². The van der Waals surface area contributed by atoms with Crippen LogP contribution in [0.5, 0.6) is 0 Å². The van der Waals surface area contributed by atoms with Gasteiger partial charge in [0.1, 0.15) is 0 Å². The molecule has 0 aliphatic carbocycles. The summed E-state index contributed by atoms with van der Waals surface area (Å²) in [6, 6.07) is 6.22. The molecule has 2 unspecified atom stereocenters. The van der Waals surface area contributed by atoms with Crippen LogP contribution in [0.3, 0.4) is 0 Å². The fourth-order valence-electron chi connectivity index (χ4n) is 4.59. The first-order chi connectivity index (χ1) is 13.5. The zero-order valence-electron chi connectivity index (χ0n) is 16.0. The average molecular weight is 406 g/mol. The molecule has 3 heterocycles. The van der Waals surface area contributed by atoms with Crippen LogP contribution in [0.1, 0.15) is 48.9 Å². The van der Waals surface area contributed by atoms with Crippen molar-refractivity contribution in [2.45, 2.75) is 49.5 Å². The molecular weight excluding hydrogens is 378 g/mol. The summed E-state index contributed by atoms with van der Waals surface area (Å²) in [4.78, 5) is 27.0. The van der Waals surface area contributed by atoms with Gasteiger partial charge in [0.25, 0.3) is 5.91 Å². The van der Waals surface area contributed by atoms with Crippen molar-refractivity contribution >= 4 is 21.8 Å². The van der Waals surface area contributed by atoms with Gasteiger partial charge in [-0.2, -0.15) is 4.31 Å². The van der Waals surface area contributed by atoms with Crippen LogP contribution in [0.15, 0.2) is 29.2 Å². The van der Waals surface area contributed by atoms with Crippen LogP contribution in [-0.2, 0) is 14.8 Å². The highest BCUT2D eigenvalue weighted by atomic mass is 32.2. The van der Waals surface area contributed by atoms with Crippen LogP contribution in [0, 0.1) is 5.92 Å². The Hall–Kier alpha value is -1.93. The normalized spacial score (nSPS) is 26.4. The standard InChI is InChI=1S/C20H27N3O4S/c24-19-17-9-6-12-23(18(17)14-21-19)20(25)15-7-5-8-16(13-15)28(26,27)22-10-3-1-2-4-11-22/h5,7-8,13,17-18H,1-4,6,9-12,14H2,(H,21,24). The molecule has 0 spiro atoms. The second kappa shape index (κ2) is 7.83. The molecule has 0 radical (unpaired) electrons. The molecule has 2 atom stereocenters. The molecule has 1 N–H and O–H groups in total. The third-order valence-corrected chi connectivity index (χ3v) is 8.04. The monoisotopic (exact) mass is 405 g/mol. The number of nitrogens with one attached hydrogen (secondary N) is 1. The van der Waals surface area contributed by atoms with Crippen LogP contribution in [0.25, 0.3) is 0 Å². The van der Waals surface area contributed by atoms with Gasteiger partial charge in [-0.25, -0.2) is 8.42 Å². The second-order valence-electron chi connectivity index (χ2n) is 7.91. The van der Waals surface area contributed by atoms with E-state index in [-0.39, 0.29) is 28.7 Å². The van der Waals surface area contributed by atoms with Crippen LogP contribution in [0.4, 0.5) is 0 Å². The van der Waals surface area contributed by atoms with Crippen LogP contribution in [-0.4, -0.2) is 61.7 Å². The quantitative estimate of drug-likeness (QED) is 0.828. The van der Waals surface area contributed by atoms with E-state index in [2.05, 4.69) is 5.32 Å². The molecule has 3 fully saturated rings. The first kappa shape index (κ1) is 19.4. The zero-order valence-corrected chi connectivity index (χ0v) is 16.8. The summed E-state index contributed by atoms with van der Waals surface area (Å²) >= 11 is 0. The number of likely N-dealkylation sites (tertiary alicyclic amines) is 1. The van der Waals surface area contributed by atoms with Crippen molar-refractivity contribution in [3.05, 3.63) is 29.8 Å². The van der Waals surface area contributed by atoms with Gasteiger partial charge in [0.2, 0.25) is 15.9 Å². The van der Waals surface area contributed by atoms with E-state index >= 15 is 0 Å². The number of hydrogen-bond donors (Lipinski definition) is 1. The molecule has 1 aromatic carbocycles. The zero-order chi connectivity index (χ0) is 19.7. The van der Waals surface area contributed by atoms with E-state index in [1.807, 2.05) is 0 Å². The Morgan fingerprint density at radius 3 is 2.54 bits per heavy atom. The minimum absolute atomic E-state index is 0.0139. The van der Waals surface area contributed by atoms with Gasteiger partial charge in [-0.15, -0.1) is 0 Å². The minimum atomic E-state index is -3.60. The Labute approximate surface area is 166 Å². The lowest BCUT2D eigenvalue weighted by Crippen LogP contribution is -2.48. The highest BCUT2D eigenvalue weighted by molar-refractivity contribution is 7.89. The molecule has 8 heteroatoms. The molecule has 3 saturated heterocycles. The Morgan fingerprint density at radius 1 is 1.04 bits per heavy atom. The van der Waals surface area contributed by atoms with Gasteiger partial charge in [-0.1, -0.05) is 18.9 Å². The predicted molar refractivity (Wildman–Crippen MR) is 104 cm³/mol. The third-order valence-electron chi connectivity index (χ3n) is 6.15. The summed E-state index contributed by atoms with van der Waals surface area (Å²) in [6.07, 6.45) is 5.42. The fourth-order valence-corrected chi connectivity index (χ4v) is 6.15. The molecule has 0 bridgehead atoms.